The number of fused-ring (bicyclic) bond motifs is 2. The molecule has 1 amide bonds. The van der Waals surface area contributed by atoms with Gasteiger partial charge in [0.05, 0.1) is 29.3 Å². The SMILES string of the molecule is COCCNC(=O)CCC1(C)\C(=C/C=C/C=C/C=C/C2=[N+](CCCCCC(=O)O)c3ccc(S(=O)[O-])cc3C2(C)CCCS(=O)(=O)O)N(CCOC)c2ccc(S(=O)(=O)O)cc21. The molecule has 3 atom stereocenters. The molecule has 2 aliphatic rings. The molecule has 340 valence electrons. The molecule has 2 aromatic carbocycles. The van der Waals surface area contributed by atoms with E-state index in [1.165, 1.54) is 25.3 Å². The first-order chi connectivity index (χ1) is 29.3. The van der Waals surface area contributed by atoms with Crippen LogP contribution in [-0.4, -0.2) is 115 Å². The summed E-state index contributed by atoms with van der Waals surface area (Å²) in [5.74, 6) is -1.56. The maximum Gasteiger partial charge on any atom is 0.303 e. The molecule has 0 radical (unpaired) electrons. The second-order valence-electron chi connectivity index (χ2n) is 15.5. The number of rotatable bonds is 25. The molecule has 0 bridgehead atoms. The first-order valence-corrected chi connectivity index (χ1v) is 24.3. The predicted molar refractivity (Wildman–Crippen MR) is 235 cm³/mol. The maximum atomic E-state index is 12.9. The number of carbonyl (C=O) groups is 2. The van der Waals surface area contributed by atoms with Gasteiger partial charge in [-0.3, -0.25) is 22.9 Å². The third-order valence-corrected chi connectivity index (χ3v) is 13.5. The molecule has 0 aliphatic carbocycles. The summed E-state index contributed by atoms with van der Waals surface area (Å²) in [7, 11) is -5.69. The molecule has 2 heterocycles. The number of amides is 1. The van der Waals surface area contributed by atoms with Crippen LogP contribution in [0.4, 0.5) is 11.4 Å². The van der Waals surface area contributed by atoms with Crippen molar-refractivity contribution in [2.24, 2.45) is 0 Å². The summed E-state index contributed by atoms with van der Waals surface area (Å²) in [6.07, 6.45) is 15.3. The fourth-order valence-electron chi connectivity index (χ4n) is 8.08. The fourth-order valence-corrected chi connectivity index (χ4v) is 9.49. The molecule has 0 aromatic heterocycles. The fraction of sp³-hybridized carbons (Fsp3) is 0.465. The van der Waals surface area contributed by atoms with Crippen LogP contribution in [0.3, 0.4) is 0 Å². The molecule has 2 aromatic rings. The van der Waals surface area contributed by atoms with Crippen molar-refractivity contribution in [2.75, 3.05) is 57.7 Å². The predicted octanol–water partition coefficient (Wildman–Crippen LogP) is 5.36. The number of carboxylic acid groups (broad SMARTS) is 1. The van der Waals surface area contributed by atoms with Crippen molar-refractivity contribution in [1.29, 1.82) is 0 Å². The molecular formula is C43H57N3O13S3. The lowest BCUT2D eigenvalue weighted by molar-refractivity contribution is -0.438. The van der Waals surface area contributed by atoms with E-state index in [-0.39, 0.29) is 41.4 Å². The van der Waals surface area contributed by atoms with Crippen molar-refractivity contribution >= 4 is 60.3 Å². The van der Waals surface area contributed by atoms with Gasteiger partial charge in [-0.1, -0.05) is 30.4 Å². The van der Waals surface area contributed by atoms with Gasteiger partial charge in [-0.25, -0.2) is 0 Å². The molecule has 16 nitrogen and oxygen atoms in total. The Balaban J connectivity index is 1.71. The number of allylic oxidation sites excluding steroid dienone is 8. The van der Waals surface area contributed by atoms with Crippen LogP contribution in [0, 0.1) is 0 Å². The number of nitrogens with zero attached hydrogens (tertiary/aromatic N) is 2. The van der Waals surface area contributed by atoms with Gasteiger partial charge < -0.3 is 29.3 Å². The molecule has 2 aliphatic heterocycles. The van der Waals surface area contributed by atoms with E-state index in [0.29, 0.717) is 75.3 Å². The van der Waals surface area contributed by atoms with E-state index in [0.717, 1.165) is 17.1 Å². The van der Waals surface area contributed by atoms with Crippen LogP contribution in [0.25, 0.3) is 0 Å². The lowest BCUT2D eigenvalue weighted by Crippen LogP contribution is -2.33. The number of carbonyl (C=O) groups excluding carboxylic acids is 1. The van der Waals surface area contributed by atoms with Gasteiger partial charge >= 0.3 is 5.97 Å². The molecule has 0 saturated heterocycles. The van der Waals surface area contributed by atoms with E-state index in [1.807, 2.05) is 47.6 Å². The summed E-state index contributed by atoms with van der Waals surface area (Å²) in [4.78, 5) is 25.8. The van der Waals surface area contributed by atoms with Crippen LogP contribution in [0.1, 0.15) is 76.3 Å². The number of nitrogens with one attached hydrogen (secondary N) is 1. The van der Waals surface area contributed by atoms with Gasteiger partial charge in [-0.15, -0.1) is 0 Å². The summed E-state index contributed by atoms with van der Waals surface area (Å²) < 4.78 is 104. The molecule has 0 fully saturated rings. The van der Waals surface area contributed by atoms with Gasteiger partial charge in [-0.2, -0.15) is 21.4 Å². The number of hydrogen-bond donors (Lipinski definition) is 4. The minimum atomic E-state index is -4.53. The van der Waals surface area contributed by atoms with E-state index in [1.54, 1.807) is 43.5 Å². The van der Waals surface area contributed by atoms with E-state index < -0.39 is 53.9 Å². The molecule has 19 heteroatoms. The molecular weight excluding hydrogens is 863 g/mol. The normalized spacial score (nSPS) is 20.2. The monoisotopic (exact) mass is 919 g/mol. The van der Waals surface area contributed by atoms with Crippen molar-refractivity contribution in [3.05, 3.63) is 95.8 Å². The summed E-state index contributed by atoms with van der Waals surface area (Å²) in [5.41, 5.74) is 2.60. The average Bonchev–Trinajstić information content (AvgIpc) is 3.57. The molecule has 4 rings (SSSR count). The first kappa shape index (κ1) is 50.3. The largest absolute Gasteiger partial charge is 0.768 e. The first-order valence-electron chi connectivity index (χ1n) is 20.2. The number of anilines is 1. The second kappa shape index (κ2) is 22.3. The third kappa shape index (κ3) is 13.1. The van der Waals surface area contributed by atoms with E-state index in [4.69, 9.17) is 14.6 Å². The third-order valence-electron chi connectivity index (χ3n) is 11.2. The summed E-state index contributed by atoms with van der Waals surface area (Å²) >= 11 is -2.53. The summed E-state index contributed by atoms with van der Waals surface area (Å²) in [5, 5.41) is 11.9. The highest BCUT2D eigenvalue weighted by atomic mass is 32.2. The Hall–Kier alpha value is -4.34. The van der Waals surface area contributed by atoms with Crippen molar-refractivity contribution in [1.82, 2.24) is 5.32 Å². The van der Waals surface area contributed by atoms with Crippen LogP contribution in [0.2, 0.25) is 0 Å². The number of methoxy groups -OCH3 is 2. The lowest BCUT2D eigenvalue weighted by atomic mass is 9.76. The topological polar surface area (TPSA) is 240 Å². The molecule has 0 saturated carbocycles. The van der Waals surface area contributed by atoms with Crippen LogP contribution >= 0.6 is 0 Å². The Labute approximate surface area is 366 Å². The molecule has 0 spiro atoms. The quantitative estimate of drug-likeness (QED) is 0.0323. The van der Waals surface area contributed by atoms with Crippen molar-refractivity contribution in [2.45, 2.75) is 85.8 Å². The van der Waals surface area contributed by atoms with Crippen LogP contribution < -0.4 is 10.2 Å². The van der Waals surface area contributed by atoms with Crippen molar-refractivity contribution < 1.29 is 63.4 Å². The van der Waals surface area contributed by atoms with Crippen LogP contribution in [0.15, 0.2) is 94.4 Å². The smallest absolute Gasteiger partial charge is 0.303 e. The molecule has 62 heavy (non-hydrogen) atoms. The Bertz CT molecular complexity index is 2360. The van der Waals surface area contributed by atoms with Gasteiger partial charge in [0.2, 0.25) is 11.6 Å². The number of hydrogen-bond acceptors (Lipinski definition) is 11. The Morgan fingerprint density at radius 2 is 1.58 bits per heavy atom. The highest BCUT2D eigenvalue weighted by molar-refractivity contribution is 7.86. The number of carboxylic acids is 1. The molecule has 4 N–H and O–H groups in total. The van der Waals surface area contributed by atoms with Gasteiger partial charge in [0.25, 0.3) is 20.2 Å². The zero-order valence-electron chi connectivity index (χ0n) is 35.4. The maximum absolute atomic E-state index is 12.9. The number of unbranched alkanes of at least 4 members (excludes halogenated alkanes) is 2. The Kier molecular flexibility index (Phi) is 18.1. The average molecular weight is 920 g/mol. The van der Waals surface area contributed by atoms with Gasteiger partial charge in [0.1, 0.15) is 6.54 Å². The number of aliphatic carboxylic acids is 1. The zero-order valence-corrected chi connectivity index (χ0v) is 37.9. The van der Waals surface area contributed by atoms with Crippen LogP contribution in [0.5, 0.6) is 0 Å². The Morgan fingerprint density at radius 1 is 0.871 bits per heavy atom. The standard InChI is InChI=1S/C43H57N3O13S3/c1-42(22-13-29-61(52,53)54)34-30-32(60(50)51)17-19-36(34)45(25-12-8-11-16-41(48)49)38(42)14-9-6-5-7-10-15-39-43(2,23-21-40(47)44-24-27-58-3)35-31-33(62(55,56)57)18-20-37(35)46(39)26-28-59-4/h5-7,9-10,14-15,17-20,30-31H,8,11-13,16,21-29H2,1-4H3,(H4-,44,47,48,49,50,51,52,53,54,55,56,57). The van der Waals surface area contributed by atoms with E-state index in [9.17, 15) is 44.3 Å². The van der Waals surface area contributed by atoms with Gasteiger partial charge in [-0.05, 0) is 99.0 Å². The highest BCUT2D eigenvalue weighted by Gasteiger charge is 2.48. The summed E-state index contributed by atoms with van der Waals surface area (Å²) in [6, 6.07) is 9.21. The second-order valence-corrected chi connectivity index (χ2v) is 19.5. The van der Waals surface area contributed by atoms with Crippen molar-refractivity contribution in [3.63, 3.8) is 0 Å². The van der Waals surface area contributed by atoms with Gasteiger partial charge in [0, 0.05) is 86.0 Å². The van der Waals surface area contributed by atoms with Crippen LogP contribution in [-0.2, 0) is 61.2 Å². The minimum absolute atomic E-state index is 0.0346. The number of benzene rings is 2. The Morgan fingerprint density at radius 3 is 2.24 bits per heavy atom. The van der Waals surface area contributed by atoms with E-state index >= 15 is 0 Å². The van der Waals surface area contributed by atoms with Gasteiger partial charge in [0.15, 0.2) is 5.71 Å². The highest BCUT2D eigenvalue weighted by Crippen LogP contribution is 2.51. The molecule has 3 unspecified atom stereocenters. The summed E-state index contributed by atoms with van der Waals surface area (Å²) in [6.45, 7) is 5.74. The van der Waals surface area contributed by atoms with E-state index in [2.05, 4.69) is 5.32 Å². The zero-order chi connectivity index (χ0) is 45.7. The number of ether oxygens (including phenoxy) is 2. The lowest BCUT2D eigenvalue weighted by Gasteiger charge is -2.30. The van der Waals surface area contributed by atoms with Crippen molar-refractivity contribution in [3.8, 4) is 0 Å². The minimum Gasteiger partial charge on any atom is -0.768 e.